The Labute approximate surface area is 228 Å². The number of urea groups is 1. The third kappa shape index (κ3) is 6.85. The third-order valence-electron chi connectivity index (χ3n) is 6.88. The molecule has 210 valence electrons. The van der Waals surface area contributed by atoms with Crippen molar-refractivity contribution < 1.29 is 28.2 Å². The number of carbonyl (C=O) groups excluding carboxylic acids is 2. The molecular weight excluding hydrogens is 505 g/mol. The highest BCUT2D eigenvalue weighted by Gasteiger charge is 2.37. The van der Waals surface area contributed by atoms with Crippen molar-refractivity contribution in [1.29, 1.82) is 0 Å². The fraction of sp³-hybridized carbons (Fsp3) is 0.464. The first kappa shape index (κ1) is 28.3. The zero-order valence-corrected chi connectivity index (χ0v) is 22.7. The van der Waals surface area contributed by atoms with E-state index in [0.29, 0.717) is 61.2 Å². The zero-order chi connectivity index (χ0) is 27.8. The summed E-state index contributed by atoms with van der Waals surface area (Å²) < 4.78 is 31.2. The van der Waals surface area contributed by atoms with Crippen molar-refractivity contribution in [2.45, 2.75) is 19.4 Å². The van der Waals surface area contributed by atoms with Gasteiger partial charge >= 0.3 is 6.03 Å². The summed E-state index contributed by atoms with van der Waals surface area (Å²) >= 11 is 0. The van der Waals surface area contributed by atoms with E-state index in [1.54, 1.807) is 50.6 Å². The van der Waals surface area contributed by atoms with Crippen LogP contribution in [0.4, 0.5) is 9.18 Å². The lowest BCUT2D eigenvalue weighted by Gasteiger charge is -2.31. The van der Waals surface area contributed by atoms with Crippen LogP contribution in [0.2, 0.25) is 0 Å². The van der Waals surface area contributed by atoms with Crippen molar-refractivity contribution in [2.24, 2.45) is 5.10 Å². The SMILES string of the molecule is CCNC(=O)N(CCN1CCOCC1)CC(=O)N1N=C(c2ccccc2F)CC1c1cc(OC)ccc1OC. The van der Waals surface area contributed by atoms with Crippen molar-refractivity contribution in [1.82, 2.24) is 20.1 Å². The summed E-state index contributed by atoms with van der Waals surface area (Å²) in [6.07, 6.45) is 0.269. The molecule has 1 unspecified atom stereocenters. The van der Waals surface area contributed by atoms with Crippen molar-refractivity contribution in [3.63, 3.8) is 0 Å². The van der Waals surface area contributed by atoms with Gasteiger partial charge in [-0.25, -0.2) is 14.2 Å². The molecule has 2 aromatic rings. The van der Waals surface area contributed by atoms with Gasteiger partial charge in [-0.1, -0.05) is 18.2 Å². The summed E-state index contributed by atoms with van der Waals surface area (Å²) in [5.41, 5.74) is 1.44. The average molecular weight is 542 g/mol. The number of amides is 3. The number of morpholine rings is 1. The monoisotopic (exact) mass is 541 g/mol. The van der Waals surface area contributed by atoms with Gasteiger partial charge in [0.05, 0.1) is 39.2 Å². The Morgan fingerprint density at radius 2 is 1.92 bits per heavy atom. The molecule has 0 saturated carbocycles. The second-order valence-electron chi connectivity index (χ2n) is 9.30. The summed E-state index contributed by atoms with van der Waals surface area (Å²) in [6, 6.07) is 10.8. The number of methoxy groups -OCH3 is 2. The second-order valence-corrected chi connectivity index (χ2v) is 9.30. The maximum absolute atomic E-state index is 14.7. The number of carbonyl (C=O) groups is 2. The number of halogens is 1. The molecule has 2 aromatic carbocycles. The van der Waals surface area contributed by atoms with Gasteiger partial charge in [0.25, 0.3) is 5.91 Å². The summed E-state index contributed by atoms with van der Waals surface area (Å²) in [7, 11) is 3.11. The Balaban J connectivity index is 1.63. The molecule has 0 spiro atoms. The van der Waals surface area contributed by atoms with E-state index < -0.39 is 11.9 Å². The quantitative estimate of drug-likeness (QED) is 0.497. The molecule has 0 aromatic heterocycles. The van der Waals surface area contributed by atoms with Crippen LogP contribution >= 0.6 is 0 Å². The van der Waals surface area contributed by atoms with E-state index in [2.05, 4.69) is 15.3 Å². The molecule has 1 fully saturated rings. The topological polar surface area (TPSA) is 95.9 Å². The Morgan fingerprint density at radius 1 is 1.15 bits per heavy atom. The first-order valence-corrected chi connectivity index (χ1v) is 13.1. The number of hydrogen-bond acceptors (Lipinski definition) is 7. The van der Waals surface area contributed by atoms with Gasteiger partial charge in [-0.05, 0) is 31.2 Å². The maximum Gasteiger partial charge on any atom is 0.317 e. The van der Waals surface area contributed by atoms with Gasteiger partial charge < -0.3 is 24.4 Å². The standard InChI is InChI=1S/C28H36FN5O5/c1-4-30-28(36)33(12-11-32-13-15-39-16-14-32)19-27(35)34-25(22-17-20(37-2)9-10-26(22)38-3)18-24(31-34)21-7-5-6-8-23(21)29/h5-10,17,25H,4,11-16,18-19H2,1-3H3,(H,30,36). The molecule has 0 bridgehead atoms. The van der Waals surface area contributed by atoms with E-state index in [0.717, 1.165) is 13.1 Å². The second kappa shape index (κ2) is 13.4. The maximum atomic E-state index is 14.7. The number of ether oxygens (including phenoxy) is 3. The first-order chi connectivity index (χ1) is 18.9. The van der Waals surface area contributed by atoms with Crippen LogP contribution in [0.1, 0.15) is 30.5 Å². The van der Waals surface area contributed by atoms with Crippen LogP contribution in [-0.4, -0.2) is 99.2 Å². The molecule has 4 rings (SSSR count). The van der Waals surface area contributed by atoms with Gasteiger partial charge in [0, 0.05) is 50.3 Å². The summed E-state index contributed by atoms with van der Waals surface area (Å²) in [6.45, 7) is 5.89. The van der Waals surface area contributed by atoms with Crippen LogP contribution in [0.25, 0.3) is 0 Å². The molecule has 1 atom stereocenters. The molecule has 0 radical (unpaired) electrons. The molecule has 11 heteroatoms. The fourth-order valence-electron chi connectivity index (χ4n) is 4.78. The molecule has 39 heavy (non-hydrogen) atoms. The lowest BCUT2D eigenvalue weighted by atomic mass is 9.97. The van der Waals surface area contributed by atoms with E-state index in [9.17, 15) is 14.0 Å². The summed E-state index contributed by atoms with van der Waals surface area (Å²) in [5.74, 6) is 0.337. The van der Waals surface area contributed by atoms with Crippen LogP contribution < -0.4 is 14.8 Å². The smallest absolute Gasteiger partial charge is 0.317 e. The van der Waals surface area contributed by atoms with Crippen LogP contribution in [0.15, 0.2) is 47.6 Å². The van der Waals surface area contributed by atoms with Crippen LogP contribution in [0.3, 0.4) is 0 Å². The van der Waals surface area contributed by atoms with Crippen molar-refractivity contribution in [3.8, 4) is 11.5 Å². The summed E-state index contributed by atoms with van der Waals surface area (Å²) in [4.78, 5) is 30.4. The molecule has 1 saturated heterocycles. The van der Waals surface area contributed by atoms with E-state index in [1.807, 2.05) is 6.92 Å². The van der Waals surface area contributed by atoms with E-state index in [4.69, 9.17) is 14.2 Å². The van der Waals surface area contributed by atoms with Crippen molar-refractivity contribution >= 4 is 17.6 Å². The van der Waals surface area contributed by atoms with Gasteiger partial charge in [0.15, 0.2) is 0 Å². The molecule has 10 nitrogen and oxygen atoms in total. The van der Waals surface area contributed by atoms with Crippen molar-refractivity contribution in [2.75, 3.05) is 66.7 Å². The number of nitrogens with zero attached hydrogens (tertiary/aromatic N) is 4. The lowest BCUT2D eigenvalue weighted by Crippen LogP contribution is -2.49. The van der Waals surface area contributed by atoms with Gasteiger partial charge in [0.2, 0.25) is 0 Å². The Hall–Kier alpha value is -3.70. The first-order valence-electron chi connectivity index (χ1n) is 13.1. The van der Waals surface area contributed by atoms with Gasteiger partial charge in [0.1, 0.15) is 23.9 Å². The Morgan fingerprint density at radius 3 is 2.62 bits per heavy atom. The molecule has 2 aliphatic rings. The van der Waals surface area contributed by atoms with Gasteiger partial charge in [-0.2, -0.15) is 5.10 Å². The number of nitrogens with one attached hydrogen (secondary N) is 1. The highest BCUT2D eigenvalue weighted by molar-refractivity contribution is 6.03. The largest absolute Gasteiger partial charge is 0.497 e. The predicted molar refractivity (Wildman–Crippen MR) is 145 cm³/mol. The molecule has 2 heterocycles. The normalized spacial score (nSPS) is 17.5. The van der Waals surface area contributed by atoms with E-state index >= 15 is 0 Å². The van der Waals surface area contributed by atoms with E-state index in [1.165, 1.54) is 16.0 Å². The van der Waals surface area contributed by atoms with E-state index in [-0.39, 0.29) is 24.9 Å². The molecular formula is C28H36FN5O5. The molecule has 3 amide bonds. The lowest BCUT2D eigenvalue weighted by molar-refractivity contribution is -0.133. The Bertz CT molecular complexity index is 1190. The average Bonchev–Trinajstić information content (AvgIpc) is 3.41. The number of rotatable bonds is 10. The number of hydrogen-bond donors (Lipinski definition) is 1. The fourth-order valence-corrected chi connectivity index (χ4v) is 4.78. The summed E-state index contributed by atoms with van der Waals surface area (Å²) in [5, 5.41) is 8.74. The number of benzene rings is 2. The third-order valence-corrected chi connectivity index (χ3v) is 6.88. The van der Waals surface area contributed by atoms with Crippen LogP contribution in [0, 0.1) is 5.82 Å². The minimum absolute atomic E-state index is 0.187. The van der Waals surface area contributed by atoms with Gasteiger partial charge in [-0.3, -0.25) is 9.69 Å². The highest BCUT2D eigenvalue weighted by Crippen LogP contribution is 2.39. The van der Waals surface area contributed by atoms with Gasteiger partial charge in [-0.15, -0.1) is 0 Å². The van der Waals surface area contributed by atoms with Crippen molar-refractivity contribution in [3.05, 3.63) is 59.4 Å². The highest BCUT2D eigenvalue weighted by atomic mass is 19.1. The predicted octanol–water partition coefficient (Wildman–Crippen LogP) is 2.88. The van der Waals surface area contributed by atoms with Crippen LogP contribution in [0.5, 0.6) is 11.5 Å². The molecule has 0 aliphatic carbocycles. The zero-order valence-electron chi connectivity index (χ0n) is 22.7. The van der Waals surface area contributed by atoms with Crippen LogP contribution in [-0.2, 0) is 9.53 Å². The molecule has 2 aliphatic heterocycles. The number of hydrazone groups is 1. The molecule has 1 N–H and O–H groups in total. The minimum Gasteiger partial charge on any atom is -0.497 e. The minimum atomic E-state index is -0.576. The Kier molecular flexibility index (Phi) is 9.72.